The Morgan fingerprint density at radius 3 is 2.13 bits per heavy atom. The number of rotatable bonds is 5. The van der Waals surface area contributed by atoms with E-state index in [4.69, 9.17) is 0 Å². The molecule has 23 heavy (non-hydrogen) atoms. The van der Waals surface area contributed by atoms with Gasteiger partial charge in [-0.15, -0.1) is 0 Å². The van der Waals surface area contributed by atoms with Crippen molar-refractivity contribution in [3.05, 3.63) is 35.4 Å². The van der Waals surface area contributed by atoms with E-state index < -0.39 is 50.2 Å². The second-order valence-electron chi connectivity index (χ2n) is 5.72. The second kappa shape index (κ2) is 5.77. The summed E-state index contributed by atoms with van der Waals surface area (Å²) in [6, 6.07) is 1.13. The zero-order valence-electron chi connectivity index (χ0n) is 12.2. The predicted octanol–water partition coefficient (Wildman–Crippen LogP) is 2.14. The molecule has 1 saturated carbocycles. The van der Waals surface area contributed by atoms with Crippen LogP contribution in [0.3, 0.4) is 0 Å². The highest BCUT2D eigenvalue weighted by Crippen LogP contribution is 2.39. The van der Waals surface area contributed by atoms with Crippen molar-refractivity contribution in [2.75, 3.05) is 12.8 Å². The van der Waals surface area contributed by atoms with Gasteiger partial charge in [-0.1, -0.05) is 6.42 Å². The van der Waals surface area contributed by atoms with Crippen LogP contribution in [0, 0.1) is 11.6 Å². The summed E-state index contributed by atoms with van der Waals surface area (Å²) in [6.45, 7) is -0.460. The summed E-state index contributed by atoms with van der Waals surface area (Å²) in [5, 5.41) is 1.90. The summed E-state index contributed by atoms with van der Waals surface area (Å²) in [5.41, 5.74) is -1.13. The number of nitrogens with one attached hydrogen (secondary N) is 1. The molecule has 0 radical (unpaired) electrons. The van der Waals surface area contributed by atoms with Crippen LogP contribution >= 0.6 is 0 Å². The topological polar surface area (TPSA) is 63.2 Å². The van der Waals surface area contributed by atoms with Crippen molar-refractivity contribution in [3.63, 3.8) is 0 Å². The average molecular weight is 353 g/mol. The van der Waals surface area contributed by atoms with Gasteiger partial charge in [0.05, 0.1) is 4.75 Å². The number of carbonyl (C=O) groups excluding carboxylic acids is 1. The Labute approximate surface area is 130 Å². The van der Waals surface area contributed by atoms with E-state index in [0.29, 0.717) is 24.6 Å². The predicted molar refractivity (Wildman–Crippen MR) is 74.7 cm³/mol. The van der Waals surface area contributed by atoms with Crippen LogP contribution in [0.25, 0.3) is 0 Å². The fraction of sp³-hybridized carbons (Fsp3) is 0.500. The fourth-order valence-corrected chi connectivity index (χ4v) is 3.83. The van der Waals surface area contributed by atoms with Crippen molar-refractivity contribution in [2.24, 2.45) is 0 Å². The molecule has 1 aromatic carbocycles. The molecule has 2 rings (SSSR count). The van der Waals surface area contributed by atoms with Gasteiger partial charge in [-0.25, -0.2) is 17.2 Å². The van der Waals surface area contributed by atoms with Crippen LogP contribution in [0.2, 0.25) is 0 Å². The highest BCUT2D eigenvalue weighted by Gasteiger charge is 2.48. The van der Waals surface area contributed by atoms with Gasteiger partial charge in [0.2, 0.25) is 0 Å². The summed E-state index contributed by atoms with van der Waals surface area (Å²) in [7, 11) is -3.53. The van der Waals surface area contributed by atoms with Crippen LogP contribution < -0.4 is 5.32 Å². The molecule has 0 bridgehead atoms. The molecule has 1 N–H and O–H groups in total. The highest BCUT2D eigenvalue weighted by atomic mass is 32.2. The lowest BCUT2D eigenvalue weighted by atomic mass is 9.84. The van der Waals surface area contributed by atoms with Gasteiger partial charge in [-0.2, -0.15) is 8.78 Å². The minimum Gasteiger partial charge on any atom is -0.349 e. The third kappa shape index (κ3) is 3.34. The molecule has 1 aliphatic rings. The third-order valence-electron chi connectivity index (χ3n) is 4.13. The van der Waals surface area contributed by atoms with E-state index in [1.165, 1.54) is 0 Å². The Morgan fingerprint density at radius 1 is 1.22 bits per heavy atom. The number of benzene rings is 1. The Hall–Kier alpha value is -1.64. The van der Waals surface area contributed by atoms with Crippen LogP contribution in [0.1, 0.15) is 24.8 Å². The number of hydrogen-bond donors (Lipinski definition) is 1. The number of hydrogen-bond acceptors (Lipinski definition) is 3. The first-order valence-electron chi connectivity index (χ1n) is 6.80. The fourth-order valence-electron chi connectivity index (χ4n) is 2.47. The first kappa shape index (κ1) is 17.7. The summed E-state index contributed by atoms with van der Waals surface area (Å²) in [5.74, 6) is -8.44. The third-order valence-corrected chi connectivity index (χ3v) is 6.26. The Kier molecular flexibility index (Phi) is 4.44. The Bertz CT molecular complexity index is 709. The van der Waals surface area contributed by atoms with Gasteiger partial charge in [-0.05, 0) is 25.0 Å². The normalized spacial score (nSPS) is 17.4. The summed E-state index contributed by atoms with van der Waals surface area (Å²) < 4.78 is 76.3. The number of alkyl halides is 2. The monoisotopic (exact) mass is 353 g/mol. The molecule has 0 atom stereocenters. The van der Waals surface area contributed by atoms with Crippen LogP contribution in [0.15, 0.2) is 18.2 Å². The largest absolute Gasteiger partial charge is 0.349 e. The maximum atomic E-state index is 14.0. The first-order chi connectivity index (χ1) is 10.5. The van der Waals surface area contributed by atoms with E-state index in [0.717, 1.165) is 6.26 Å². The molecule has 0 heterocycles. The van der Waals surface area contributed by atoms with Crippen molar-refractivity contribution in [2.45, 2.75) is 29.9 Å². The van der Waals surface area contributed by atoms with Crippen LogP contribution in [0.4, 0.5) is 17.6 Å². The molecular weight excluding hydrogens is 338 g/mol. The number of sulfone groups is 1. The Balaban J connectivity index is 2.16. The molecular formula is C14H15F4NO3S. The van der Waals surface area contributed by atoms with E-state index in [2.05, 4.69) is 0 Å². The summed E-state index contributed by atoms with van der Waals surface area (Å²) in [6.07, 6.45) is 2.14. The van der Waals surface area contributed by atoms with E-state index in [-0.39, 0.29) is 12.8 Å². The van der Waals surface area contributed by atoms with E-state index in [1.54, 1.807) is 0 Å². The number of halogens is 4. The van der Waals surface area contributed by atoms with Gasteiger partial charge in [0.1, 0.15) is 11.6 Å². The van der Waals surface area contributed by atoms with E-state index in [1.807, 2.05) is 5.32 Å². The molecule has 0 saturated heterocycles. The van der Waals surface area contributed by atoms with Crippen molar-refractivity contribution in [1.82, 2.24) is 5.32 Å². The molecule has 9 heteroatoms. The van der Waals surface area contributed by atoms with Gasteiger partial charge >= 0.3 is 5.92 Å². The molecule has 0 aromatic heterocycles. The summed E-state index contributed by atoms with van der Waals surface area (Å²) in [4.78, 5) is 11.7. The zero-order chi connectivity index (χ0) is 17.5. The smallest absolute Gasteiger partial charge is 0.349 e. The van der Waals surface area contributed by atoms with Crippen molar-refractivity contribution >= 4 is 15.7 Å². The highest BCUT2D eigenvalue weighted by molar-refractivity contribution is 7.92. The first-order valence-corrected chi connectivity index (χ1v) is 8.69. The molecule has 1 fully saturated rings. The minimum absolute atomic E-state index is 0.270. The second-order valence-corrected chi connectivity index (χ2v) is 8.13. The van der Waals surface area contributed by atoms with Gasteiger partial charge in [0.15, 0.2) is 9.84 Å². The van der Waals surface area contributed by atoms with Gasteiger partial charge in [0.25, 0.3) is 5.91 Å². The minimum atomic E-state index is -4.18. The molecule has 0 spiro atoms. The summed E-state index contributed by atoms with van der Waals surface area (Å²) >= 11 is 0. The van der Waals surface area contributed by atoms with E-state index >= 15 is 0 Å². The molecule has 128 valence electrons. The lowest BCUT2D eigenvalue weighted by Gasteiger charge is -2.40. The van der Waals surface area contributed by atoms with Gasteiger partial charge < -0.3 is 5.32 Å². The molecule has 1 aromatic rings. The van der Waals surface area contributed by atoms with Crippen LogP contribution in [-0.4, -0.2) is 31.9 Å². The van der Waals surface area contributed by atoms with Crippen LogP contribution in [-0.2, 0) is 20.6 Å². The lowest BCUT2D eigenvalue weighted by Crippen LogP contribution is -2.54. The number of amides is 1. The average Bonchev–Trinajstić information content (AvgIpc) is 2.34. The molecule has 4 nitrogen and oxygen atoms in total. The lowest BCUT2D eigenvalue weighted by molar-refractivity contribution is -0.147. The van der Waals surface area contributed by atoms with Gasteiger partial charge in [-0.3, -0.25) is 4.79 Å². The zero-order valence-corrected chi connectivity index (χ0v) is 13.0. The maximum absolute atomic E-state index is 14.0. The van der Waals surface area contributed by atoms with Crippen LogP contribution in [0.5, 0.6) is 0 Å². The van der Waals surface area contributed by atoms with Crippen molar-refractivity contribution in [1.29, 1.82) is 0 Å². The molecule has 0 aliphatic heterocycles. The molecule has 1 aliphatic carbocycles. The SMILES string of the molecule is CS(=O)(=O)C1(CNC(=O)C(F)(F)c2cc(F)cc(F)c2)CCC1. The molecule has 1 amide bonds. The van der Waals surface area contributed by atoms with Gasteiger partial charge in [0, 0.05) is 24.4 Å². The standard InChI is InChI=1S/C14H15F4NO3S/c1-23(21,22)13(3-2-4-13)8-19-12(20)14(17,18)9-5-10(15)7-11(16)6-9/h5-7H,2-4,8H2,1H3,(H,19,20). The van der Waals surface area contributed by atoms with E-state index in [9.17, 15) is 30.8 Å². The van der Waals surface area contributed by atoms with Crippen molar-refractivity contribution in [3.8, 4) is 0 Å². The molecule has 0 unspecified atom stereocenters. The quantitative estimate of drug-likeness (QED) is 0.825. The van der Waals surface area contributed by atoms with Crippen molar-refractivity contribution < 1.29 is 30.8 Å². The number of carbonyl (C=O) groups is 1. The Morgan fingerprint density at radius 2 is 1.74 bits per heavy atom. The maximum Gasteiger partial charge on any atom is 0.349 e.